The number of nitrogens with zero attached hydrogens (tertiary/aromatic N) is 2. The fraction of sp³-hybridized carbons (Fsp3) is 0.500. The molecule has 1 N–H and O–H groups in total. The van der Waals surface area contributed by atoms with Gasteiger partial charge in [0.1, 0.15) is 0 Å². The van der Waals surface area contributed by atoms with Crippen LogP contribution in [0.2, 0.25) is 0 Å². The standard InChI is InChI=1S/C16H20N2O3/c19-15-8-13(16(20)21)10-18(15)14-6-7-17(11-14)9-12-4-2-1-3-5-12/h1-5,13-14H,6-11H2,(H,20,21)/t13-,14-/m0/s1. The van der Waals surface area contributed by atoms with Gasteiger partial charge in [0, 0.05) is 38.6 Å². The van der Waals surface area contributed by atoms with Gasteiger partial charge in [0.2, 0.25) is 5.91 Å². The summed E-state index contributed by atoms with van der Waals surface area (Å²) in [6, 6.07) is 10.5. The van der Waals surface area contributed by atoms with Crippen LogP contribution in [-0.2, 0) is 16.1 Å². The summed E-state index contributed by atoms with van der Waals surface area (Å²) < 4.78 is 0. The minimum absolute atomic E-state index is 0.00559. The van der Waals surface area contributed by atoms with Crippen LogP contribution in [0.3, 0.4) is 0 Å². The van der Waals surface area contributed by atoms with E-state index in [1.807, 2.05) is 18.2 Å². The number of benzene rings is 1. The average Bonchev–Trinajstić information content (AvgIpc) is 3.06. The number of hydrogen-bond donors (Lipinski definition) is 1. The van der Waals surface area contributed by atoms with E-state index in [2.05, 4.69) is 17.0 Å². The molecule has 2 aliphatic heterocycles. The number of hydrogen-bond acceptors (Lipinski definition) is 3. The van der Waals surface area contributed by atoms with E-state index in [0.29, 0.717) is 6.54 Å². The van der Waals surface area contributed by atoms with Crippen LogP contribution >= 0.6 is 0 Å². The fourth-order valence-electron chi connectivity index (χ4n) is 3.30. The first kappa shape index (κ1) is 14.1. The minimum atomic E-state index is -0.856. The summed E-state index contributed by atoms with van der Waals surface area (Å²) in [4.78, 5) is 27.1. The molecule has 2 heterocycles. The Morgan fingerprint density at radius 3 is 2.67 bits per heavy atom. The number of carbonyl (C=O) groups is 2. The van der Waals surface area contributed by atoms with Gasteiger partial charge in [-0.25, -0.2) is 0 Å². The lowest BCUT2D eigenvalue weighted by atomic mass is 10.1. The third kappa shape index (κ3) is 3.08. The van der Waals surface area contributed by atoms with E-state index < -0.39 is 11.9 Å². The van der Waals surface area contributed by atoms with Crippen LogP contribution in [0.1, 0.15) is 18.4 Å². The van der Waals surface area contributed by atoms with Gasteiger partial charge in [-0.05, 0) is 12.0 Å². The lowest BCUT2D eigenvalue weighted by molar-refractivity contribution is -0.141. The average molecular weight is 288 g/mol. The Hall–Kier alpha value is -1.88. The van der Waals surface area contributed by atoms with Crippen molar-refractivity contribution in [2.45, 2.75) is 25.4 Å². The molecule has 0 radical (unpaired) electrons. The highest BCUT2D eigenvalue weighted by atomic mass is 16.4. The van der Waals surface area contributed by atoms with Gasteiger partial charge in [0.25, 0.3) is 0 Å². The molecule has 0 spiro atoms. The molecule has 5 nitrogen and oxygen atoms in total. The molecular weight excluding hydrogens is 268 g/mol. The predicted molar refractivity (Wildman–Crippen MR) is 77.6 cm³/mol. The first-order valence-electron chi connectivity index (χ1n) is 7.42. The van der Waals surface area contributed by atoms with Gasteiger partial charge >= 0.3 is 5.97 Å². The van der Waals surface area contributed by atoms with Gasteiger partial charge in [-0.3, -0.25) is 14.5 Å². The summed E-state index contributed by atoms with van der Waals surface area (Å²) in [7, 11) is 0. The molecule has 0 saturated carbocycles. The summed E-state index contributed by atoms with van der Waals surface area (Å²) in [6.07, 6.45) is 1.09. The van der Waals surface area contributed by atoms with Gasteiger partial charge in [-0.1, -0.05) is 30.3 Å². The number of amides is 1. The molecule has 112 valence electrons. The highest BCUT2D eigenvalue weighted by molar-refractivity contribution is 5.86. The third-order valence-electron chi connectivity index (χ3n) is 4.44. The van der Waals surface area contributed by atoms with Crippen molar-refractivity contribution < 1.29 is 14.7 Å². The Labute approximate surface area is 124 Å². The zero-order valence-corrected chi connectivity index (χ0v) is 11.9. The molecular formula is C16H20N2O3. The van der Waals surface area contributed by atoms with Crippen molar-refractivity contribution >= 4 is 11.9 Å². The number of carboxylic acid groups (broad SMARTS) is 1. The van der Waals surface area contributed by atoms with Crippen LogP contribution in [0.25, 0.3) is 0 Å². The van der Waals surface area contributed by atoms with E-state index in [1.165, 1.54) is 5.56 Å². The number of aliphatic carboxylic acids is 1. The summed E-state index contributed by atoms with van der Waals surface area (Å²) in [6.45, 7) is 3.06. The normalized spacial score (nSPS) is 26.5. The molecule has 2 fully saturated rings. The Bertz CT molecular complexity index is 532. The van der Waals surface area contributed by atoms with Crippen molar-refractivity contribution in [3.63, 3.8) is 0 Å². The minimum Gasteiger partial charge on any atom is -0.481 e. The smallest absolute Gasteiger partial charge is 0.308 e. The number of carboxylic acids is 1. The zero-order valence-electron chi connectivity index (χ0n) is 11.9. The van der Waals surface area contributed by atoms with Gasteiger partial charge < -0.3 is 10.0 Å². The van der Waals surface area contributed by atoms with Crippen LogP contribution in [0.4, 0.5) is 0 Å². The van der Waals surface area contributed by atoms with Gasteiger partial charge in [0.15, 0.2) is 0 Å². The number of rotatable bonds is 4. The highest BCUT2D eigenvalue weighted by Gasteiger charge is 2.39. The zero-order chi connectivity index (χ0) is 14.8. The van der Waals surface area contributed by atoms with E-state index in [1.54, 1.807) is 4.90 Å². The van der Waals surface area contributed by atoms with Crippen LogP contribution in [0.15, 0.2) is 30.3 Å². The van der Waals surface area contributed by atoms with E-state index in [-0.39, 0.29) is 18.4 Å². The second kappa shape index (κ2) is 5.85. The molecule has 0 bridgehead atoms. The molecule has 5 heteroatoms. The molecule has 1 aromatic rings. The molecule has 0 unspecified atom stereocenters. The lowest BCUT2D eigenvalue weighted by Gasteiger charge is -2.24. The second-order valence-electron chi connectivity index (χ2n) is 5.95. The van der Waals surface area contributed by atoms with E-state index in [9.17, 15) is 9.59 Å². The van der Waals surface area contributed by atoms with Crippen molar-refractivity contribution in [2.24, 2.45) is 5.92 Å². The molecule has 2 atom stereocenters. The predicted octanol–water partition coefficient (Wildman–Crippen LogP) is 1.19. The van der Waals surface area contributed by atoms with E-state index in [0.717, 1.165) is 26.1 Å². The van der Waals surface area contributed by atoms with Crippen molar-refractivity contribution in [1.82, 2.24) is 9.80 Å². The summed E-state index contributed by atoms with van der Waals surface area (Å²) >= 11 is 0. The fourth-order valence-corrected chi connectivity index (χ4v) is 3.30. The maximum Gasteiger partial charge on any atom is 0.308 e. The molecule has 0 aromatic heterocycles. The topological polar surface area (TPSA) is 60.9 Å². The monoisotopic (exact) mass is 288 g/mol. The molecule has 1 amide bonds. The SMILES string of the molecule is O=C(O)[C@H]1CC(=O)N([C@H]2CCN(Cc3ccccc3)C2)C1. The maximum atomic E-state index is 12.0. The van der Waals surface area contributed by atoms with Gasteiger partial charge in [-0.15, -0.1) is 0 Å². The molecule has 2 aliphatic rings. The van der Waals surface area contributed by atoms with Gasteiger partial charge in [-0.2, -0.15) is 0 Å². The third-order valence-corrected chi connectivity index (χ3v) is 4.44. The van der Waals surface area contributed by atoms with Crippen molar-refractivity contribution in [3.05, 3.63) is 35.9 Å². The second-order valence-corrected chi connectivity index (χ2v) is 5.95. The molecule has 21 heavy (non-hydrogen) atoms. The highest BCUT2D eigenvalue weighted by Crippen LogP contribution is 2.25. The number of carbonyl (C=O) groups excluding carboxylic acids is 1. The summed E-state index contributed by atoms with van der Waals surface area (Å²) in [5.74, 6) is -1.39. The lowest BCUT2D eigenvalue weighted by Crippen LogP contribution is -2.39. The quantitative estimate of drug-likeness (QED) is 0.904. The Morgan fingerprint density at radius 1 is 1.24 bits per heavy atom. The molecule has 0 aliphatic carbocycles. The molecule has 3 rings (SSSR count). The molecule has 2 saturated heterocycles. The van der Waals surface area contributed by atoms with Crippen molar-refractivity contribution in [2.75, 3.05) is 19.6 Å². The van der Waals surface area contributed by atoms with Gasteiger partial charge in [0.05, 0.1) is 5.92 Å². The first-order valence-corrected chi connectivity index (χ1v) is 7.42. The molecule has 1 aromatic carbocycles. The van der Waals surface area contributed by atoms with Crippen LogP contribution in [0, 0.1) is 5.92 Å². The van der Waals surface area contributed by atoms with Crippen molar-refractivity contribution in [1.29, 1.82) is 0 Å². The summed E-state index contributed by atoms with van der Waals surface area (Å²) in [5, 5.41) is 9.05. The number of likely N-dealkylation sites (tertiary alicyclic amines) is 2. The Morgan fingerprint density at radius 2 is 2.00 bits per heavy atom. The Kier molecular flexibility index (Phi) is 3.92. The summed E-state index contributed by atoms with van der Waals surface area (Å²) in [5.41, 5.74) is 1.27. The first-order chi connectivity index (χ1) is 10.1. The largest absolute Gasteiger partial charge is 0.481 e. The van der Waals surface area contributed by atoms with Crippen LogP contribution in [-0.4, -0.2) is 52.5 Å². The van der Waals surface area contributed by atoms with E-state index in [4.69, 9.17) is 5.11 Å². The van der Waals surface area contributed by atoms with Crippen LogP contribution < -0.4 is 0 Å². The van der Waals surface area contributed by atoms with Crippen molar-refractivity contribution in [3.8, 4) is 0 Å². The van der Waals surface area contributed by atoms with E-state index >= 15 is 0 Å². The van der Waals surface area contributed by atoms with Crippen LogP contribution in [0.5, 0.6) is 0 Å². The Balaban J connectivity index is 1.57. The maximum absolute atomic E-state index is 12.0.